The summed E-state index contributed by atoms with van der Waals surface area (Å²) in [4.78, 5) is 14.7. The molecule has 2 aromatic rings. The van der Waals surface area contributed by atoms with E-state index in [2.05, 4.69) is 18.0 Å². The molecule has 0 saturated carbocycles. The summed E-state index contributed by atoms with van der Waals surface area (Å²) in [6, 6.07) is 6.12. The molecule has 3 rings (SSSR count). The van der Waals surface area contributed by atoms with Gasteiger partial charge in [0.2, 0.25) is 0 Å². The van der Waals surface area contributed by atoms with Crippen molar-refractivity contribution in [3.8, 4) is 0 Å². The molecular formula is C12H15N3O. The number of para-hydroxylation sites is 1. The molecule has 1 aliphatic rings. The molecule has 4 nitrogen and oxygen atoms in total. The third kappa shape index (κ3) is 1.16. The fraction of sp³-hybridized carbons (Fsp3) is 0.417. The van der Waals surface area contributed by atoms with E-state index in [4.69, 9.17) is 5.73 Å². The average Bonchev–Trinajstić information content (AvgIpc) is 2.53. The lowest BCUT2D eigenvalue weighted by Gasteiger charge is -2.17. The van der Waals surface area contributed by atoms with Crippen molar-refractivity contribution in [2.24, 2.45) is 5.73 Å². The monoisotopic (exact) mass is 217 g/mol. The fourth-order valence-electron chi connectivity index (χ4n) is 2.59. The Hall–Kier alpha value is -1.55. The molecule has 0 amide bonds. The SMILES string of the molecule is CC1c2cccc3[nH]c(=O)n(c23)CCC1N. The molecule has 0 aliphatic carbocycles. The maximum atomic E-state index is 11.8. The van der Waals surface area contributed by atoms with Gasteiger partial charge in [-0.25, -0.2) is 4.79 Å². The van der Waals surface area contributed by atoms with Crippen LogP contribution < -0.4 is 11.4 Å². The number of hydrogen-bond donors (Lipinski definition) is 2. The highest BCUT2D eigenvalue weighted by atomic mass is 16.1. The van der Waals surface area contributed by atoms with E-state index in [0.717, 1.165) is 17.5 Å². The van der Waals surface area contributed by atoms with E-state index < -0.39 is 0 Å². The Morgan fingerprint density at radius 1 is 1.50 bits per heavy atom. The van der Waals surface area contributed by atoms with E-state index in [1.165, 1.54) is 5.56 Å². The number of rotatable bonds is 0. The normalized spacial score (nSPS) is 24.6. The van der Waals surface area contributed by atoms with Crippen LogP contribution in [0.2, 0.25) is 0 Å². The van der Waals surface area contributed by atoms with Gasteiger partial charge in [-0.3, -0.25) is 4.57 Å². The van der Waals surface area contributed by atoms with Crippen LogP contribution >= 0.6 is 0 Å². The van der Waals surface area contributed by atoms with E-state index in [1.807, 2.05) is 16.7 Å². The number of nitrogens with one attached hydrogen (secondary N) is 1. The number of benzene rings is 1. The van der Waals surface area contributed by atoms with Crippen LogP contribution in [-0.2, 0) is 6.54 Å². The molecule has 2 unspecified atom stereocenters. The molecule has 1 aliphatic heterocycles. The Labute approximate surface area is 93.1 Å². The second-order valence-electron chi connectivity index (χ2n) is 4.57. The molecule has 0 spiro atoms. The van der Waals surface area contributed by atoms with E-state index in [-0.39, 0.29) is 11.7 Å². The van der Waals surface area contributed by atoms with Gasteiger partial charge in [0, 0.05) is 12.6 Å². The average molecular weight is 217 g/mol. The third-order valence-electron chi connectivity index (χ3n) is 3.64. The summed E-state index contributed by atoms with van der Waals surface area (Å²) in [5.74, 6) is 0.299. The van der Waals surface area contributed by atoms with Crippen LogP contribution in [0.5, 0.6) is 0 Å². The quantitative estimate of drug-likeness (QED) is 0.695. The Morgan fingerprint density at radius 2 is 2.31 bits per heavy atom. The van der Waals surface area contributed by atoms with E-state index in [9.17, 15) is 4.79 Å². The Kier molecular flexibility index (Phi) is 1.94. The van der Waals surface area contributed by atoms with Gasteiger partial charge < -0.3 is 10.7 Å². The van der Waals surface area contributed by atoms with Gasteiger partial charge in [-0.1, -0.05) is 19.1 Å². The van der Waals surface area contributed by atoms with Crippen LogP contribution in [0.3, 0.4) is 0 Å². The molecule has 1 aromatic carbocycles. The number of aryl methyl sites for hydroxylation is 1. The lowest BCUT2D eigenvalue weighted by Crippen LogP contribution is -2.27. The zero-order valence-corrected chi connectivity index (χ0v) is 9.23. The maximum absolute atomic E-state index is 11.8. The highest BCUT2D eigenvalue weighted by molar-refractivity contribution is 5.80. The molecule has 2 heterocycles. The number of aromatic amines is 1. The zero-order valence-electron chi connectivity index (χ0n) is 9.23. The summed E-state index contributed by atoms with van der Waals surface area (Å²) in [5.41, 5.74) is 9.23. The maximum Gasteiger partial charge on any atom is 0.326 e. The molecule has 3 N–H and O–H groups in total. The summed E-state index contributed by atoms with van der Waals surface area (Å²) in [7, 11) is 0. The molecule has 0 radical (unpaired) electrons. The predicted molar refractivity (Wildman–Crippen MR) is 63.6 cm³/mol. The molecule has 0 bridgehead atoms. The van der Waals surface area contributed by atoms with Gasteiger partial charge in [-0.05, 0) is 24.0 Å². The number of hydrogen-bond acceptors (Lipinski definition) is 2. The van der Waals surface area contributed by atoms with Crippen molar-refractivity contribution in [3.05, 3.63) is 34.2 Å². The van der Waals surface area contributed by atoms with Gasteiger partial charge in [0.25, 0.3) is 0 Å². The molecule has 2 atom stereocenters. The summed E-state index contributed by atoms with van der Waals surface area (Å²) in [6.45, 7) is 2.84. The number of H-pyrrole nitrogens is 1. The van der Waals surface area contributed by atoms with E-state index >= 15 is 0 Å². The number of imidazole rings is 1. The van der Waals surface area contributed by atoms with Crippen molar-refractivity contribution in [3.63, 3.8) is 0 Å². The van der Waals surface area contributed by atoms with E-state index in [0.29, 0.717) is 12.5 Å². The first-order chi connectivity index (χ1) is 7.68. The first-order valence-corrected chi connectivity index (χ1v) is 5.65. The number of nitrogens with two attached hydrogens (primary N) is 1. The van der Waals surface area contributed by atoms with Gasteiger partial charge in [0.1, 0.15) is 0 Å². The van der Waals surface area contributed by atoms with Crippen molar-refractivity contribution < 1.29 is 0 Å². The highest BCUT2D eigenvalue weighted by Crippen LogP contribution is 2.29. The summed E-state index contributed by atoms with van der Waals surface area (Å²) in [6.07, 6.45) is 0.850. The number of nitrogens with zero attached hydrogens (tertiary/aromatic N) is 1. The van der Waals surface area contributed by atoms with Crippen molar-refractivity contribution >= 4 is 11.0 Å². The van der Waals surface area contributed by atoms with Crippen molar-refractivity contribution in [1.29, 1.82) is 0 Å². The van der Waals surface area contributed by atoms with Crippen LogP contribution in [0, 0.1) is 0 Å². The minimum absolute atomic E-state index is 0.0243. The van der Waals surface area contributed by atoms with Crippen LogP contribution in [-0.4, -0.2) is 15.6 Å². The zero-order chi connectivity index (χ0) is 11.3. The topological polar surface area (TPSA) is 63.8 Å². The molecule has 4 heteroatoms. The Morgan fingerprint density at radius 3 is 3.12 bits per heavy atom. The molecule has 0 fully saturated rings. The minimum Gasteiger partial charge on any atom is -0.327 e. The minimum atomic E-state index is -0.0243. The number of aromatic nitrogens is 2. The van der Waals surface area contributed by atoms with Gasteiger partial charge in [0.15, 0.2) is 0 Å². The van der Waals surface area contributed by atoms with Crippen molar-refractivity contribution in [2.45, 2.75) is 31.8 Å². The van der Waals surface area contributed by atoms with Crippen molar-refractivity contribution in [1.82, 2.24) is 9.55 Å². The molecule has 16 heavy (non-hydrogen) atoms. The van der Waals surface area contributed by atoms with Crippen molar-refractivity contribution in [2.75, 3.05) is 0 Å². The molecule has 1 aromatic heterocycles. The lowest BCUT2D eigenvalue weighted by atomic mass is 9.92. The van der Waals surface area contributed by atoms with Crippen LogP contribution in [0.1, 0.15) is 24.8 Å². The predicted octanol–water partition coefficient (Wildman–Crippen LogP) is 1.16. The second-order valence-corrected chi connectivity index (χ2v) is 4.57. The Bertz CT molecular complexity index is 596. The molecule has 0 saturated heterocycles. The smallest absolute Gasteiger partial charge is 0.326 e. The fourth-order valence-corrected chi connectivity index (χ4v) is 2.59. The van der Waals surface area contributed by atoms with Gasteiger partial charge in [-0.2, -0.15) is 0 Å². The highest BCUT2D eigenvalue weighted by Gasteiger charge is 2.23. The van der Waals surface area contributed by atoms with Crippen LogP contribution in [0.25, 0.3) is 11.0 Å². The molecular weight excluding hydrogens is 202 g/mol. The first kappa shape index (κ1) is 9.66. The molecule has 84 valence electrons. The summed E-state index contributed by atoms with van der Waals surface area (Å²) in [5, 5.41) is 0. The van der Waals surface area contributed by atoms with Gasteiger partial charge in [-0.15, -0.1) is 0 Å². The standard InChI is InChI=1S/C12H15N3O/c1-7-8-3-2-4-10-11(8)15(12(16)14-10)6-5-9(7)13/h2-4,7,9H,5-6,13H2,1H3,(H,14,16). The van der Waals surface area contributed by atoms with Crippen LogP contribution in [0.4, 0.5) is 0 Å². The summed E-state index contributed by atoms with van der Waals surface area (Å²) < 4.78 is 1.81. The Balaban J connectivity index is 2.41. The second kappa shape index (κ2) is 3.22. The largest absolute Gasteiger partial charge is 0.327 e. The first-order valence-electron chi connectivity index (χ1n) is 5.65. The van der Waals surface area contributed by atoms with Gasteiger partial charge in [0.05, 0.1) is 11.0 Å². The third-order valence-corrected chi connectivity index (χ3v) is 3.64. The lowest BCUT2D eigenvalue weighted by molar-refractivity contribution is 0.503. The summed E-state index contributed by atoms with van der Waals surface area (Å²) >= 11 is 0. The van der Waals surface area contributed by atoms with Gasteiger partial charge >= 0.3 is 5.69 Å². The van der Waals surface area contributed by atoms with E-state index in [1.54, 1.807) is 0 Å². The van der Waals surface area contributed by atoms with Crippen LogP contribution in [0.15, 0.2) is 23.0 Å².